The fourth-order valence-electron chi connectivity index (χ4n) is 0.102. The van der Waals surface area contributed by atoms with Gasteiger partial charge in [0.15, 0.2) is 0 Å². The fraction of sp³-hybridized carbons (Fsp3) is 0.667. The molecule has 6 heavy (non-hydrogen) atoms. The van der Waals surface area contributed by atoms with Gasteiger partial charge in [-0.3, -0.25) is 0 Å². The molecule has 0 atom stereocenters. The van der Waals surface area contributed by atoms with E-state index in [1.807, 2.05) is 6.92 Å². The Bertz CT molecular complexity index is 48.8. The summed E-state index contributed by atoms with van der Waals surface area (Å²) >= 11 is 0.837. The number of carbonyl (C=O) groups is 1. The van der Waals surface area contributed by atoms with E-state index in [0.717, 1.165) is 31.3 Å². The first-order valence-corrected chi connectivity index (χ1v) is 3.22. The van der Waals surface area contributed by atoms with Gasteiger partial charge < -0.3 is 0 Å². The monoisotopic (exact) mass is 161 g/mol. The van der Waals surface area contributed by atoms with Crippen LogP contribution in [0.5, 0.6) is 0 Å². The molecule has 2 nitrogen and oxygen atoms in total. The predicted molar refractivity (Wildman–Crippen MR) is 18.4 cm³/mol. The second kappa shape index (κ2) is 3.75. The Balaban J connectivity index is 2.99. The van der Waals surface area contributed by atoms with Crippen molar-refractivity contribution < 1.29 is 36.1 Å². The molecule has 3 heteroatoms. The summed E-state index contributed by atoms with van der Waals surface area (Å²) < 4.78 is 2.61. The molecule has 0 aromatic heterocycles. The Hall–Kier alpha value is 0.574. The Morgan fingerprint density at radius 2 is 2.50 bits per heavy atom. The molecule has 0 rings (SSSR count). The van der Waals surface area contributed by atoms with Crippen LogP contribution in [0.1, 0.15) is 13.3 Å². The van der Waals surface area contributed by atoms with Crippen LogP contribution in [0.3, 0.4) is 0 Å². The van der Waals surface area contributed by atoms with Crippen LogP contribution in [0.2, 0.25) is 0 Å². The van der Waals surface area contributed by atoms with Gasteiger partial charge in [0, 0.05) is 0 Å². The zero-order valence-corrected chi connectivity index (χ0v) is 6.53. The van der Waals surface area contributed by atoms with E-state index in [1.165, 1.54) is 0 Å². The second-order valence-corrected chi connectivity index (χ2v) is 1.63. The molecule has 0 aliphatic heterocycles. The molecule has 0 saturated heterocycles. The Kier molecular flexibility index (Phi) is 4.11. The van der Waals surface area contributed by atoms with Gasteiger partial charge in [0.1, 0.15) is 0 Å². The maximum atomic E-state index is 10.1. The molecule has 0 saturated carbocycles. The van der Waals surface area contributed by atoms with Crippen molar-refractivity contribution in [1.29, 1.82) is 0 Å². The van der Waals surface area contributed by atoms with E-state index in [-0.39, 0.29) is 5.91 Å². The molecule has 0 aliphatic carbocycles. The molecular weight excluding hydrogens is 155 g/mol. The number of hydrogen-bond acceptors (Lipinski definition) is 1. The van der Waals surface area contributed by atoms with E-state index in [1.54, 1.807) is 0 Å². The van der Waals surface area contributed by atoms with Crippen molar-refractivity contribution in [3.8, 4) is 0 Å². The van der Waals surface area contributed by atoms with Crippen LogP contribution >= 0.6 is 0 Å². The molecule has 1 amide bonds. The third-order valence-corrected chi connectivity index (χ3v) is 1.27. The van der Waals surface area contributed by atoms with Gasteiger partial charge in [-0.25, -0.2) is 0 Å². The summed E-state index contributed by atoms with van der Waals surface area (Å²) in [6.45, 7) is 1.84. The molecule has 0 radical (unpaired) electrons. The minimum absolute atomic E-state index is 0.150. The number of carbonyl (C=O) groups excluding carboxylic acids is 1. The summed E-state index contributed by atoms with van der Waals surface area (Å²) in [7, 11) is 0. The van der Waals surface area contributed by atoms with Gasteiger partial charge in [0.25, 0.3) is 0 Å². The van der Waals surface area contributed by atoms with E-state index in [4.69, 9.17) is 0 Å². The SMILES string of the molecule is CCC(=O)[NH][Y]. The molecule has 0 bridgehead atoms. The van der Waals surface area contributed by atoms with E-state index in [2.05, 4.69) is 2.45 Å². The summed E-state index contributed by atoms with van der Waals surface area (Å²) in [5.74, 6) is 0.150. The summed E-state index contributed by atoms with van der Waals surface area (Å²) in [6, 6.07) is 0. The molecule has 0 aliphatic rings. The number of amides is 1. The van der Waals surface area contributed by atoms with E-state index in [0.29, 0.717) is 6.42 Å². The van der Waals surface area contributed by atoms with Gasteiger partial charge in [0.05, 0.1) is 0 Å². The third-order valence-electron chi connectivity index (χ3n) is 0.482. The summed E-state index contributed by atoms with van der Waals surface area (Å²) in [5, 5.41) is 0. The molecule has 0 aromatic carbocycles. The molecule has 0 spiro atoms. The number of hydrogen-bond donors (Lipinski definition) is 1. The topological polar surface area (TPSA) is 29.1 Å². The average Bonchev–Trinajstić information content (AvgIpc) is 1.65. The first-order valence-electron chi connectivity index (χ1n) is 1.80. The van der Waals surface area contributed by atoms with Crippen LogP contribution in [0.4, 0.5) is 0 Å². The van der Waals surface area contributed by atoms with Crippen molar-refractivity contribution in [2.24, 2.45) is 0 Å². The summed E-state index contributed by atoms with van der Waals surface area (Å²) in [4.78, 5) is 10.1. The van der Waals surface area contributed by atoms with Crippen LogP contribution in [0.25, 0.3) is 0 Å². The van der Waals surface area contributed by atoms with Crippen molar-refractivity contribution in [3.63, 3.8) is 0 Å². The van der Waals surface area contributed by atoms with Crippen molar-refractivity contribution in [3.05, 3.63) is 0 Å². The van der Waals surface area contributed by atoms with E-state index < -0.39 is 0 Å². The molecule has 0 aromatic rings. The van der Waals surface area contributed by atoms with Crippen LogP contribution in [0.15, 0.2) is 0 Å². The Morgan fingerprint density at radius 3 is 2.50 bits per heavy atom. The summed E-state index contributed by atoms with van der Waals surface area (Å²) in [6.07, 6.45) is 0.612. The van der Waals surface area contributed by atoms with Crippen molar-refractivity contribution >= 4 is 5.91 Å². The Morgan fingerprint density at radius 1 is 2.00 bits per heavy atom. The van der Waals surface area contributed by atoms with Crippen LogP contribution in [-0.4, -0.2) is 5.91 Å². The molecular formula is C3H6NOY. The molecule has 32 valence electrons. The number of nitrogens with one attached hydrogen (secondary N) is 1. The van der Waals surface area contributed by atoms with Gasteiger partial charge >= 0.3 is 57.8 Å². The third kappa shape index (κ3) is 2.79. The van der Waals surface area contributed by atoms with E-state index in [9.17, 15) is 4.79 Å². The molecule has 1 N–H and O–H groups in total. The zero-order chi connectivity index (χ0) is 4.99. The fourth-order valence-corrected chi connectivity index (χ4v) is 0.604. The van der Waals surface area contributed by atoms with Crippen molar-refractivity contribution in [1.82, 2.24) is 2.45 Å². The van der Waals surface area contributed by atoms with Gasteiger partial charge in [-0.1, -0.05) is 0 Å². The maximum absolute atomic E-state index is 10.1. The zero-order valence-electron chi connectivity index (χ0n) is 3.69. The Labute approximate surface area is 57.7 Å². The first-order chi connectivity index (χ1) is 2.81. The minimum atomic E-state index is 0.150. The van der Waals surface area contributed by atoms with E-state index >= 15 is 0 Å². The molecule has 0 fully saturated rings. The predicted octanol–water partition coefficient (Wildman–Crippen LogP) is -0.0256. The van der Waals surface area contributed by atoms with Crippen LogP contribution in [0, 0.1) is 0 Å². The second-order valence-electron chi connectivity index (χ2n) is 0.921. The number of rotatable bonds is 1. The standard InChI is InChI=1S/C3H7NO.Y/c1-2-3(4)5;/h2H2,1H3,(H2,4,5);/q;+1/p-1. The van der Waals surface area contributed by atoms with Crippen LogP contribution in [-0.2, 0) is 36.1 Å². The van der Waals surface area contributed by atoms with Gasteiger partial charge in [-0.05, 0) is 0 Å². The van der Waals surface area contributed by atoms with Crippen molar-refractivity contribution in [2.45, 2.75) is 13.3 Å². The van der Waals surface area contributed by atoms with Gasteiger partial charge in [-0.15, -0.1) is 0 Å². The van der Waals surface area contributed by atoms with Gasteiger partial charge in [0.2, 0.25) is 0 Å². The quantitative estimate of drug-likeness (QED) is 0.575. The average molecular weight is 161 g/mol. The first kappa shape index (κ1) is 6.57. The van der Waals surface area contributed by atoms with Crippen molar-refractivity contribution in [2.75, 3.05) is 0 Å². The molecule has 0 heterocycles. The normalized spacial score (nSPS) is 7.33. The molecule has 0 unspecified atom stereocenters. The summed E-state index contributed by atoms with van der Waals surface area (Å²) in [5.41, 5.74) is 0. The van der Waals surface area contributed by atoms with Gasteiger partial charge in [-0.2, -0.15) is 0 Å². The van der Waals surface area contributed by atoms with Crippen LogP contribution < -0.4 is 2.45 Å².